The van der Waals surface area contributed by atoms with Crippen molar-refractivity contribution < 1.29 is 9.66 Å². The van der Waals surface area contributed by atoms with Gasteiger partial charge in [-0.2, -0.15) is 0 Å². The lowest BCUT2D eigenvalue weighted by Crippen LogP contribution is -2.05. The summed E-state index contributed by atoms with van der Waals surface area (Å²) in [5, 5.41) is 13.9. The summed E-state index contributed by atoms with van der Waals surface area (Å²) in [5.74, 6) is 0.768. The summed E-state index contributed by atoms with van der Waals surface area (Å²) in [5.41, 5.74) is 1.59. The van der Waals surface area contributed by atoms with E-state index < -0.39 is 4.92 Å². The van der Waals surface area contributed by atoms with Gasteiger partial charge in [-0.15, -0.1) is 0 Å². The molecule has 104 valence electrons. The van der Waals surface area contributed by atoms with E-state index >= 15 is 0 Å². The predicted octanol–water partition coefficient (Wildman–Crippen LogP) is 2.31. The zero-order chi connectivity index (χ0) is 14.5. The van der Waals surface area contributed by atoms with Crippen molar-refractivity contribution in [2.75, 3.05) is 12.4 Å². The molecule has 0 aliphatic heterocycles. The highest BCUT2D eigenvalue weighted by Crippen LogP contribution is 2.23. The van der Waals surface area contributed by atoms with Crippen molar-refractivity contribution in [3.8, 4) is 5.88 Å². The fourth-order valence-electron chi connectivity index (χ4n) is 1.65. The number of rotatable bonds is 5. The van der Waals surface area contributed by atoms with Crippen LogP contribution in [0.3, 0.4) is 0 Å². The molecule has 0 bridgehead atoms. The van der Waals surface area contributed by atoms with Gasteiger partial charge in [0.1, 0.15) is 0 Å². The van der Waals surface area contributed by atoms with Gasteiger partial charge in [0.05, 0.1) is 12.0 Å². The molecule has 2 rings (SSSR count). The number of pyridine rings is 2. The maximum Gasteiger partial charge on any atom is 0.311 e. The maximum absolute atomic E-state index is 11.0. The fourth-order valence-corrected chi connectivity index (χ4v) is 1.65. The molecular formula is C13H14N4O3. The summed E-state index contributed by atoms with van der Waals surface area (Å²) >= 11 is 0. The van der Waals surface area contributed by atoms with Crippen LogP contribution in [0.1, 0.15) is 11.1 Å². The van der Waals surface area contributed by atoms with Crippen LogP contribution in [-0.2, 0) is 6.54 Å². The van der Waals surface area contributed by atoms with Gasteiger partial charge in [-0.1, -0.05) is 6.07 Å². The third-order valence-electron chi connectivity index (χ3n) is 2.67. The molecular weight excluding hydrogens is 260 g/mol. The number of nitrogens with one attached hydrogen (secondary N) is 1. The minimum Gasteiger partial charge on any atom is -0.481 e. The van der Waals surface area contributed by atoms with E-state index in [-0.39, 0.29) is 11.5 Å². The first-order chi connectivity index (χ1) is 9.60. The second-order valence-electron chi connectivity index (χ2n) is 4.20. The predicted molar refractivity (Wildman–Crippen MR) is 73.7 cm³/mol. The number of aromatic nitrogens is 2. The summed E-state index contributed by atoms with van der Waals surface area (Å²) < 4.78 is 4.96. The lowest BCUT2D eigenvalue weighted by molar-refractivity contribution is -0.384. The number of nitrogens with zero attached hydrogens (tertiary/aromatic N) is 3. The zero-order valence-electron chi connectivity index (χ0n) is 11.2. The van der Waals surface area contributed by atoms with E-state index in [1.807, 2.05) is 6.07 Å². The molecule has 0 spiro atoms. The molecule has 0 amide bonds. The van der Waals surface area contributed by atoms with Gasteiger partial charge in [0, 0.05) is 31.1 Å². The van der Waals surface area contributed by atoms with Crippen molar-refractivity contribution in [1.29, 1.82) is 0 Å². The Bertz CT molecular complexity index is 614. The highest BCUT2D eigenvalue weighted by molar-refractivity contribution is 5.56. The summed E-state index contributed by atoms with van der Waals surface area (Å²) in [6.07, 6.45) is 3.23. The number of aryl methyl sites for hydroxylation is 1. The van der Waals surface area contributed by atoms with Crippen LogP contribution in [-0.4, -0.2) is 22.0 Å². The van der Waals surface area contributed by atoms with Crippen LogP contribution in [0.5, 0.6) is 5.88 Å². The summed E-state index contributed by atoms with van der Waals surface area (Å²) in [4.78, 5) is 18.6. The normalized spacial score (nSPS) is 10.1. The molecule has 0 unspecified atom stereocenters. The van der Waals surface area contributed by atoms with Gasteiger partial charge >= 0.3 is 5.69 Å². The van der Waals surface area contributed by atoms with Crippen molar-refractivity contribution in [3.05, 3.63) is 51.8 Å². The second-order valence-corrected chi connectivity index (χ2v) is 4.20. The SMILES string of the molecule is COc1ccc(CNc2ncc(C)cc2[N+](=O)[O-])cn1. The fraction of sp³-hybridized carbons (Fsp3) is 0.231. The summed E-state index contributed by atoms with van der Waals surface area (Å²) in [6, 6.07) is 5.05. The molecule has 1 N–H and O–H groups in total. The molecule has 0 aliphatic carbocycles. The minimum absolute atomic E-state index is 0.0357. The maximum atomic E-state index is 11.0. The Hall–Kier alpha value is -2.70. The Labute approximate surface area is 115 Å². The van der Waals surface area contributed by atoms with E-state index in [0.29, 0.717) is 12.4 Å². The van der Waals surface area contributed by atoms with Gasteiger partial charge < -0.3 is 10.1 Å². The van der Waals surface area contributed by atoms with Crippen LogP contribution >= 0.6 is 0 Å². The van der Waals surface area contributed by atoms with Gasteiger partial charge in [0.15, 0.2) is 0 Å². The van der Waals surface area contributed by atoms with Crippen LogP contribution < -0.4 is 10.1 Å². The standard InChI is InChI=1S/C13H14N4O3/c1-9-5-11(17(18)19)13(15-6-9)16-8-10-3-4-12(20-2)14-7-10/h3-7H,8H2,1-2H3,(H,15,16). The highest BCUT2D eigenvalue weighted by atomic mass is 16.6. The Kier molecular flexibility index (Phi) is 4.09. The molecule has 0 saturated carbocycles. The number of anilines is 1. The van der Waals surface area contributed by atoms with Gasteiger partial charge in [-0.05, 0) is 18.1 Å². The summed E-state index contributed by atoms with van der Waals surface area (Å²) in [6.45, 7) is 2.16. The minimum atomic E-state index is -0.450. The third kappa shape index (κ3) is 3.19. The van der Waals surface area contributed by atoms with Crippen LogP contribution in [0, 0.1) is 17.0 Å². The van der Waals surface area contributed by atoms with Crippen LogP contribution in [0.2, 0.25) is 0 Å². The molecule has 0 saturated heterocycles. The number of methoxy groups -OCH3 is 1. The third-order valence-corrected chi connectivity index (χ3v) is 2.67. The first-order valence-electron chi connectivity index (χ1n) is 5.94. The molecule has 2 aromatic rings. The Morgan fingerprint density at radius 1 is 1.35 bits per heavy atom. The average molecular weight is 274 g/mol. The quantitative estimate of drug-likeness (QED) is 0.664. The molecule has 0 atom stereocenters. The first kappa shape index (κ1) is 13.7. The van der Waals surface area contributed by atoms with Gasteiger partial charge in [0.25, 0.3) is 0 Å². The van der Waals surface area contributed by atoms with E-state index in [0.717, 1.165) is 11.1 Å². The van der Waals surface area contributed by atoms with Crippen LogP contribution in [0.4, 0.5) is 11.5 Å². The van der Waals surface area contributed by atoms with Crippen molar-refractivity contribution in [1.82, 2.24) is 9.97 Å². The van der Waals surface area contributed by atoms with Crippen molar-refractivity contribution in [2.45, 2.75) is 13.5 Å². The van der Waals surface area contributed by atoms with E-state index in [4.69, 9.17) is 4.74 Å². The molecule has 2 aromatic heterocycles. The molecule has 0 fully saturated rings. The van der Waals surface area contributed by atoms with Crippen molar-refractivity contribution in [3.63, 3.8) is 0 Å². The molecule has 7 nitrogen and oxygen atoms in total. The van der Waals surface area contributed by atoms with E-state index in [1.165, 1.54) is 6.07 Å². The van der Waals surface area contributed by atoms with Crippen LogP contribution in [0.15, 0.2) is 30.6 Å². The first-order valence-corrected chi connectivity index (χ1v) is 5.94. The number of hydrogen-bond acceptors (Lipinski definition) is 6. The topological polar surface area (TPSA) is 90.2 Å². The second kappa shape index (κ2) is 5.96. The molecule has 7 heteroatoms. The monoisotopic (exact) mass is 274 g/mol. The Balaban J connectivity index is 2.12. The molecule has 20 heavy (non-hydrogen) atoms. The molecule has 0 aliphatic rings. The van der Waals surface area contributed by atoms with Crippen LogP contribution in [0.25, 0.3) is 0 Å². The van der Waals surface area contributed by atoms with E-state index in [1.54, 1.807) is 32.5 Å². The highest BCUT2D eigenvalue weighted by Gasteiger charge is 2.14. The number of ether oxygens (including phenoxy) is 1. The number of nitro groups is 1. The van der Waals surface area contributed by atoms with Crippen molar-refractivity contribution >= 4 is 11.5 Å². The van der Waals surface area contributed by atoms with E-state index in [9.17, 15) is 10.1 Å². The smallest absolute Gasteiger partial charge is 0.311 e. The van der Waals surface area contributed by atoms with Gasteiger partial charge in [-0.3, -0.25) is 10.1 Å². The summed E-state index contributed by atoms with van der Waals surface area (Å²) in [7, 11) is 1.54. The Morgan fingerprint density at radius 2 is 2.15 bits per heavy atom. The lowest BCUT2D eigenvalue weighted by atomic mass is 10.2. The molecule has 0 radical (unpaired) electrons. The molecule has 2 heterocycles. The van der Waals surface area contributed by atoms with E-state index in [2.05, 4.69) is 15.3 Å². The molecule has 0 aromatic carbocycles. The average Bonchev–Trinajstić information content (AvgIpc) is 2.46. The Morgan fingerprint density at radius 3 is 2.75 bits per heavy atom. The van der Waals surface area contributed by atoms with Gasteiger partial charge in [0.2, 0.25) is 11.7 Å². The zero-order valence-corrected chi connectivity index (χ0v) is 11.2. The largest absolute Gasteiger partial charge is 0.481 e. The lowest BCUT2D eigenvalue weighted by Gasteiger charge is -2.07. The van der Waals surface area contributed by atoms with Crippen molar-refractivity contribution in [2.24, 2.45) is 0 Å². The van der Waals surface area contributed by atoms with Gasteiger partial charge in [-0.25, -0.2) is 9.97 Å². The number of hydrogen-bond donors (Lipinski definition) is 1.